The molecule has 1 N–H and O–H groups in total. The maximum atomic E-state index is 13.5. The number of H-pyrrole nitrogens is 1. The monoisotopic (exact) mass is 1250 g/mol. The summed E-state index contributed by atoms with van der Waals surface area (Å²) < 4.78 is 63.9. The molecule has 3 aromatic carbocycles. The van der Waals surface area contributed by atoms with E-state index in [-0.39, 0.29) is 64.9 Å². The van der Waals surface area contributed by atoms with Crippen molar-refractivity contribution in [3.05, 3.63) is 229 Å². The van der Waals surface area contributed by atoms with Gasteiger partial charge in [-0.25, -0.2) is 43.1 Å². The van der Waals surface area contributed by atoms with E-state index < -0.39 is 0 Å². The third-order valence-electron chi connectivity index (χ3n) is 17.8. The summed E-state index contributed by atoms with van der Waals surface area (Å²) in [7, 11) is 5.27. The summed E-state index contributed by atoms with van der Waals surface area (Å²) in [5.41, 5.74) is 8.54. The molecule has 12 aromatic rings. The van der Waals surface area contributed by atoms with Gasteiger partial charge < -0.3 is 32.3 Å². The molecule has 9 atom stereocenters. The average molecular weight is 1250 g/mol. The number of hydrogen-bond donors (Lipinski definition) is 1. The van der Waals surface area contributed by atoms with Crippen LogP contribution in [0.25, 0.3) is 50.2 Å². The fraction of sp³-hybridized carbons (Fsp3) is 0.286. The Morgan fingerprint density at radius 3 is 1.21 bits per heavy atom. The van der Waals surface area contributed by atoms with E-state index in [2.05, 4.69) is 83.5 Å². The molecule has 0 amide bonds. The third kappa shape index (κ3) is 10.9. The van der Waals surface area contributed by atoms with Crippen LogP contribution < -0.4 is 16.7 Å². The standard InChI is InChI=1S/2C21H17FN6O2.C15H12ClFN2O.C6H6N4O/c2*1-27-9-23-20-18(27)21(29)28(10-24-20)8-16-25-19(26-30-16)17-14-6-12(7-15(14)17)11-3-2-4-13(22)5-11;16-7-13-18-15(19-20-13)14-11-5-9(6-12(11)14)8-2-1-3-10(17)4-8;1-10-3-9-5-4(10)6(11)8-2-7-5/h2*2-6,9-10,14-15,17H,7-8H2,1H3;1-5,11-12,14H,6-7H2;2-3H,1H3,(H,7,8,11)/t2*14-,15+,17+;11-,12+,14+;/m100./s1. The Hall–Kier alpha value is -10.6. The van der Waals surface area contributed by atoms with Crippen molar-refractivity contribution in [1.82, 2.24) is 88.1 Å². The maximum absolute atomic E-state index is 13.5. The second-order valence-electron chi connectivity index (χ2n) is 23.5. The van der Waals surface area contributed by atoms with Crippen molar-refractivity contribution < 1.29 is 26.7 Å². The molecule has 0 saturated heterocycles. The maximum Gasteiger partial charge on any atom is 0.280 e. The van der Waals surface area contributed by atoms with E-state index in [0.717, 1.165) is 41.8 Å². The zero-order valence-electron chi connectivity index (χ0n) is 48.6. The Kier molecular flexibility index (Phi) is 14.2. The van der Waals surface area contributed by atoms with Gasteiger partial charge in [-0.1, -0.05) is 70.1 Å². The van der Waals surface area contributed by atoms with Crippen LogP contribution in [-0.2, 0) is 40.1 Å². The van der Waals surface area contributed by atoms with Crippen molar-refractivity contribution >= 4 is 61.8 Å². The van der Waals surface area contributed by atoms with Crippen LogP contribution in [0.15, 0.2) is 157 Å². The number of aryl methyl sites for hydroxylation is 3. The molecule has 24 nitrogen and oxygen atoms in total. The number of nitrogens with one attached hydrogen (secondary N) is 1. The molecule has 0 bridgehead atoms. The van der Waals surface area contributed by atoms with Crippen LogP contribution in [0.1, 0.15) is 88.9 Å². The molecule has 9 aromatic heterocycles. The highest BCUT2D eigenvalue weighted by Gasteiger charge is 2.57. The van der Waals surface area contributed by atoms with E-state index in [1.807, 2.05) is 18.2 Å². The van der Waals surface area contributed by atoms with Crippen LogP contribution in [-0.4, -0.2) is 88.1 Å². The Labute approximate surface area is 516 Å². The van der Waals surface area contributed by atoms with E-state index in [0.29, 0.717) is 104 Å². The van der Waals surface area contributed by atoms with Gasteiger partial charge in [-0.05, 0) is 125 Å². The smallest absolute Gasteiger partial charge is 0.280 e. The number of aromatic nitrogens is 18. The number of imidazole rings is 3. The van der Waals surface area contributed by atoms with Gasteiger partial charge in [0.1, 0.15) is 49.1 Å². The second kappa shape index (κ2) is 22.8. The second-order valence-corrected chi connectivity index (χ2v) is 23.7. The molecule has 28 heteroatoms. The highest BCUT2D eigenvalue weighted by atomic mass is 35.5. The fourth-order valence-electron chi connectivity index (χ4n) is 13.2. The van der Waals surface area contributed by atoms with Crippen molar-refractivity contribution in [2.75, 3.05) is 0 Å². The van der Waals surface area contributed by atoms with Crippen LogP contribution in [0, 0.1) is 53.0 Å². The SMILES string of the molecule is Cn1cnc2nc[nH]c(=O)c21.Cn1cnc2ncn(Cc3nc([C@@H]4[C@H]5C=C(c6cccc(F)c6)C[C@H]54)no3)c(=O)c21.Cn1cnc2ncn(Cc3nc([C@H]4[C@@H]5C=C(c6cccc(F)c6)C[C@@H]54)no3)c(=O)c21.Fc1cccc(C2=C[C@H]3[C@@H](C2)[C@@H]3c2noc(CCl)n2)c1. The minimum atomic E-state index is -0.220. The molecule has 18 rings (SSSR count). The molecule has 9 heterocycles. The van der Waals surface area contributed by atoms with Crippen LogP contribution in [0.4, 0.5) is 13.2 Å². The normalized spacial score (nSPS) is 22.0. The van der Waals surface area contributed by atoms with Gasteiger partial charge in [0.05, 0.1) is 25.3 Å². The van der Waals surface area contributed by atoms with Crippen LogP contribution in [0.2, 0.25) is 0 Å². The number of fused-ring (bicyclic) bond motifs is 6. The molecule has 3 saturated carbocycles. The first kappa shape index (κ1) is 56.9. The number of rotatable bonds is 11. The molecule has 0 aliphatic heterocycles. The molecule has 0 radical (unpaired) electrons. The first-order chi connectivity index (χ1) is 44.2. The minimum absolute atomic E-state index is 0.157. The largest absolute Gasteiger partial charge is 0.338 e. The highest BCUT2D eigenvalue weighted by molar-refractivity contribution is 6.16. The van der Waals surface area contributed by atoms with E-state index >= 15 is 0 Å². The number of halogens is 4. The van der Waals surface area contributed by atoms with Gasteiger partial charge in [-0.2, -0.15) is 15.0 Å². The lowest BCUT2D eigenvalue weighted by Crippen LogP contribution is -2.22. The Balaban J connectivity index is 0.000000106. The third-order valence-corrected chi connectivity index (χ3v) is 18.0. The van der Waals surface area contributed by atoms with E-state index in [9.17, 15) is 27.6 Å². The van der Waals surface area contributed by atoms with Crippen molar-refractivity contribution in [3.8, 4) is 0 Å². The van der Waals surface area contributed by atoms with Crippen LogP contribution >= 0.6 is 11.6 Å². The van der Waals surface area contributed by atoms with Crippen molar-refractivity contribution in [3.63, 3.8) is 0 Å². The average Bonchev–Trinajstić information content (AvgIpc) is 1.59. The Bertz CT molecular complexity index is 4900. The predicted octanol–water partition coefficient (Wildman–Crippen LogP) is 8.46. The fourth-order valence-corrected chi connectivity index (χ4v) is 13.3. The van der Waals surface area contributed by atoms with Gasteiger partial charge in [0.15, 0.2) is 51.0 Å². The van der Waals surface area contributed by atoms with Gasteiger partial charge in [0.25, 0.3) is 16.7 Å². The molecular weight excluding hydrogens is 1200 g/mol. The molecule has 0 spiro atoms. The Morgan fingerprint density at radius 2 is 0.857 bits per heavy atom. The van der Waals surface area contributed by atoms with Crippen molar-refractivity contribution in [1.29, 1.82) is 0 Å². The summed E-state index contributed by atoms with van der Waals surface area (Å²) in [5, 5.41) is 12.3. The summed E-state index contributed by atoms with van der Waals surface area (Å²) in [4.78, 5) is 76.6. The highest BCUT2D eigenvalue weighted by Crippen LogP contribution is 2.64. The molecule has 458 valence electrons. The number of allylic oxidation sites excluding steroid dienone is 6. The summed E-state index contributed by atoms with van der Waals surface area (Å²) in [6.07, 6.45) is 18.2. The summed E-state index contributed by atoms with van der Waals surface area (Å²) in [6.45, 7) is 0.318. The lowest BCUT2D eigenvalue weighted by Gasteiger charge is -2.05. The topological polar surface area (TPSA) is 286 Å². The molecule has 6 aliphatic rings. The number of nitrogens with zero attached hydrogens (tertiary/aromatic N) is 17. The number of hydrogen-bond acceptors (Lipinski definition) is 18. The van der Waals surface area contributed by atoms with Gasteiger partial charge in [-0.3, -0.25) is 23.5 Å². The number of benzene rings is 3. The molecular formula is C63H52ClF3N18O6. The lowest BCUT2D eigenvalue weighted by atomic mass is 10.0. The summed E-state index contributed by atoms with van der Waals surface area (Å²) in [6, 6.07) is 20.2. The summed E-state index contributed by atoms with van der Waals surface area (Å²) in [5.74, 6) is 6.21. The van der Waals surface area contributed by atoms with Crippen LogP contribution in [0.5, 0.6) is 0 Å². The molecule has 6 aliphatic carbocycles. The zero-order valence-corrected chi connectivity index (χ0v) is 49.4. The van der Waals surface area contributed by atoms with E-state index in [1.165, 1.54) is 63.0 Å². The van der Waals surface area contributed by atoms with Crippen molar-refractivity contribution in [2.45, 2.75) is 56.0 Å². The van der Waals surface area contributed by atoms with Gasteiger partial charge >= 0.3 is 0 Å². The van der Waals surface area contributed by atoms with E-state index in [1.54, 1.807) is 90.2 Å². The Morgan fingerprint density at radius 1 is 0.495 bits per heavy atom. The van der Waals surface area contributed by atoms with E-state index in [4.69, 9.17) is 25.2 Å². The molecule has 0 unspecified atom stereocenters. The summed E-state index contributed by atoms with van der Waals surface area (Å²) >= 11 is 5.66. The zero-order chi connectivity index (χ0) is 62.3. The minimum Gasteiger partial charge on any atom is -0.338 e. The first-order valence-corrected chi connectivity index (χ1v) is 29.8. The lowest BCUT2D eigenvalue weighted by molar-refractivity contribution is 0.363. The number of alkyl halides is 1. The van der Waals surface area contributed by atoms with Gasteiger partial charge in [0, 0.05) is 38.9 Å². The quantitative estimate of drug-likeness (QED) is 0.119. The molecule has 91 heavy (non-hydrogen) atoms. The molecule has 3 fully saturated rings. The first-order valence-electron chi connectivity index (χ1n) is 29.2. The van der Waals surface area contributed by atoms with Gasteiger partial charge in [0.2, 0.25) is 17.7 Å². The number of aromatic amines is 1. The predicted molar refractivity (Wildman–Crippen MR) is 321 cm³/mol. The van der Waals surface area contributed by atoms with Gasteiger partial charge in [-0.15, -0.1) is 11.6 Å². The van der Waals surface area contributed by atoms with Crippen molar-refractivity contribution in [2.24, 2.45) is 56.7 Å². The van der Waals surface area contributed by atoms with Crippen LogP contribution in [0.3, 0.4) is 0 Å².